The molecule has 0 spiro atoms. The Morgan fingerprint density at radius 1 is 1.58 bits per heavy atom. The van der Waals surface area contributed by atoms with Gasteiger partial charge in [-0.3, -0.25) is 4.98 Å². The van der Waals surface area contributed by atoms with Gasteiger partial charge >= 0.3 is 0 Å². The Morgan fingerprint density at radius 3 is 3.17 bits per heavy atom. The van der Waals surface area contributed by atoms with Crippen molar-refractivity contribution in [2.45, 2.75) is 0 Å². The zero-order valence-electron chi connectivity index (χ0n) is 6.03. The molecule has 2 aromatic rings. The monoisotopic (exact) mass is 221 g/mol. The Kier molecular flexibility index (Phi) is 1.59. The molecule has 0 aliphatic carbocycles. The van der Waals surface area contributed by atoms with Crippen LogP contribution in [0.15, 0.2) is 29.3 Å². The van der Waals surface area contributed by atoms with Crippen LogP contribution in [-0.4, -0.2) is 9.38 Å². The molecule has 0 amide bonds. The van der Waals surface area contributed by atoms with Crippen molar-refractivity contribution in [3.8, 4) is 6.07 Å². The van der Waals surface area contributed by atoms with Gasteiger partial charge in [-0.1, -0.05) is 0 Å². The third-order valence-corrected chi connectivity index (χ3v) is 2.26. The van der Waals surface area contributed by atoms with E-state index in [0.29, 0.717) is 5.56 Å². The van der Waals surface area contributed by atoms with Gasteiger partial charge in [-0.25, -0.2) is 0 Å². The van der Waals surface area contributed by atoms with E-state index in [2.05, 4.69) is 27.0 Å². The molecule has 0 fully saturated rings. The van der Waals surface area contributed by atoms with E-state index in [9.17, 15) is 0 Å². The minimum Gasteiger partial charge on any atom is -0.307 e. The molecule has 0 aliphatic heterocycles. The van der Waals surface area contributed by atoms with Crippen LogP contribution in [0, 0.1) is 11.3 Å². The zero-order chi connectivity index (χ0) is 8.55. The van der Waals surface area contributed by atoms with E-state index in [0.717, 1.165) is 10.1 Å². The quantitative estimate of drug-likeness (QED) is 0.683. The van der Waals surface area contributed by atoms with E-state index in [1.807, 2.05) is 4.40 Å². The highest BCUT2D eigenvalue weighted by Crippen LogP contribution is 2.19. The molecule has 2 aromatic heterocycles. The van der Waals surface area contributed by atoms with Gasteiger partial charge in [0, 0.05) is 12.4 Å². The highest BCUT2D eigenvalue weighted by atomic mass is 79.9. The fourth-order valence-corrected chi connectivity index (χ4v) is 1.64. The van der Waals surface area contributed by atoms with E-state index >= 15 is 0 Å². The van der Waals surface area contributed by atoms with Crippen molar-refractivity contribution in [2.24, 2.45) is 0 Å². The molecule has 0 atom stereocenters. The molecule has 0 bridgehead atoms. The van der Waals surface area contributed by atoms with Gasteiger partial charge < -0.3 is 4.40 Å². The average molecular weight is 222 g/mol. The lowest BCUT2D eigenvalue weighted by Crippen LogP contribution is -1.84. The molecule has 4 heteroatoms. The summed E-state index contributed by atoms with van der Waals surface area (Å²) in [6.07, 6.45) is 5.16. The van der Waals surface area contributed by atoms with Crippen molar-refractivity contribution in [2.75, 3.05) is 0 Å². The highest BCUT2D eigenvalue weighted by Gasteiger charge is 2.04. The van der Waals surface area contributed by atoms with Crippen LogP contribution >= 0.6 is 15.9 Å². The first-order valence-corrected chi connectivity index (χ1v) is 4.13. The number of nitrogens with zero attached hydrogens (tertiary/aromatic N) is 3. The largest absolute Gasteiger partial charge is 0.307 e. The van der Waals surface area contributed by atoms with Crippen molar-refractivity contribution in [1.82, 2.24) is 9.38 Å². The molecule has 0 N–H and O–H groups in total. The first-order valence-electron chi connectivity index (χ1n) is 3.33. The molecule has 3 nitrogen and oxygen atoms in total. The number of hydrogen-bond donors (Lipinski definition) is 0. The second kappa shape index (κ2) is 2.61. The summed E-state index contributed by atoms with van der Waals surface area (Å²) >= 11 is 3.34. The van der Waals surface area contributed by atoms with E-state index in [-0.39, 0.29) is 0 Å². The van der Waals surface area contributed by atoms with Crippen LogP contribution in [0.25, 0.3) is 5.52 Å². The van der Waals surface area contributed by atoms with Gasteiger partial charge in [0.05, 0.1) is 21.9 Å². The van der Waals surface area contributed by atoms with E-state index in [1.165, 1.54) is 0 Å². The molecule has 2 heterocycles. The van der Waals surface area contributed by atoms with Crippen molar-refractivity contribution in [3.63, 3.8) is 0 Å². The first kappa shape index (κ1) is 7.32. The van der Waals surface area contributed by atoms with Crippen molar-refractivity contribution >= 4 is 21.4 Å². The smallest absolute Gasteiger partial charge is 0.101 e. The van der Waals surface area contributed by atoms with Crippen LogP contribution in [0.4, 0.5) is 0 Å². The average Bonchev–Trinajstić information content (AvgIpc) is 2.44. The number of nitriles is 1. The topological polar surface area (TPSA) is 41.1 Å². The summed E-state index contributed by atoms with van der Waals surface area (Å²) in [4.78, 5) is 3.94. The SMILES string of the molecule is N#Cc1cc(Br)n2ccncc12. The number of aromatic nitrogens is 2. The predicted octanol–water partition coefficient (Wildman–Crippen LogP) is 1.97. The van der Waals surface area contributed by atoms with Gasteiger partial charge in [-0.05, 0) is 22.0 Å². The molecule has 0 saturated heterocycles. The maximum absolute atomic E-state index is 8.74. The van der Waals surface area contributed by atoms with Gasteiger partial charge in [0.15, 0.2) is 0 Å². The molecule has 0 unspecified atom stereocenters. The number of halogens is 1. The van der Waals surface area contributed by atoms with Crippen LogP contribution in [0.1, 0.15) is 5.56 Å². The molecule has 0 saturated carbocycles. The molecule has 2 rings (SSSR count). The Balaban J connectivity index is 2.94. The standard InChI is InChI=1S/C8H4BrN3/c9-8-3-6(4-10)7-5-11-1-2-12(7)8/h1-3,5H. The number of hydrogen-bond acceptors (Lipinski definition) is 2. The predicted molar refractivity (Wildman–Crippen MR) is 47.6 cm³/mol. The molecule has 12 heavy (non-hydrogen) atoms. The Bertz CT molecular complexity index is 467. The van der Waals surface area contributed by atoms with E-state index in [1.54, 1.807) is 24.7 Å². The fraction of sp³-hybridized carbons (Fsp3) is 0. The summed E-state index contributed by atoms with van der Waals surface area (Å²) in [5.74, 6) is 0. The van der Waals surface area contributed by atoms with Crippen LogP contribution < -0.4 is 0 Å². The fourth-order valence-electron chi connectivity index (χ4n) is 1.10. The minimum absolute atomic E-state index is 0.634. The second-order valence-corrected chi connectivity index (χ2v) is 3.14. The van der Waals surface area contributed by atoms with Crippen LogP contribution in [0.5, 0.6) is 0 Å². The summed E-state index contributed by atoms with van der Waals surface area (Å²) in [5.41, 5.74) is 1.46. The lowest BCUT2D eigenvalue weighted by Gasteiger charge is -1.92. The number of fused-ring (bicyclic) bond motifs is 1. The van der Waals surface area contributed by atoms with Crippen molar-refractivity contribution in [1.29, 1.82) is 5.26 Å². The molecule has 0 aliphatic rings. The maximum Gasteiger partial charge on any atom is 0.101 e. The third-order valence-electron chi connectivity index (χ3n) is 1.65. The summed E-state index contributed by atoms with van der Waals surface area (Å²) in [5, 5.41) is 8.74. The summed E-state index contributed by atoms with van der Waals surface area (Å²) in [6.45, 7) is 0. The van der Waals surface area contributed by atoms with E-state index < -0.39 is 0 Å². The molecular weight excluding hydrogens is 218 g/mol. The molecule has 0 aromatic carbocycles. The van der Waals surface area contributed by atoms with Gasteiger partial charge in [0.1, 0.15) is 6.07 Å². The van der Waals surface area contributed by atoms with Gasteiger partial charge in [-0.2, -0.15) is 5.26 Å². The first-order chi connectivity index (χ1) is 5.83. The number of rotatable bonds is 0. The van der Waals surface area contributed by atoms with Gasteiger partial charge in [0.2, 0.25) is 0 Å². The maximum atomic E-state index is 8.74. The molecule has 58 valence electrons. The lowest BCUT2D eigenvalue weighted by atomic mass is 10.3. The van der Waals surface area contributed by atoms with Crippen molar-refractivity contribution in [3.05, 3.63) is 34.8 Å². The van der Waals surface area contributed by atoms with Crippen LogP contribution in [0.3, 0.4) is 0 Å². The lowest BCUT2D eigenvalue weighted by molar-refractivity contribution is 1.11. The second-order valence-electron chi connectivity index (χ2n) is 2.32. The summed E-state index contributed by atoms with van der Waals surface area (Å²) in [6, 6.07) is 3.87. The highest BCUT2D eigenvalue weighted by molar-refractivity contribution is 9.10. The summed E-state index contributed by atoms with van der Waals surface area (Å²) < 4.78 is 2.74. The minimum atomic E-state index is 0.634. The third kappa shape index (κ3) is 0.908. The van der Waals surface area contributed by atoms with Crippen molar-refractivity contribution < 1.29 is 0 Å². The van der Waals surface area contributed by atoms with Gasteiger partial charge in [-0.15, -0.1) is 0 Å². The van der Waals surface area contributed by atoms with E-state index in [4.69, 9.17) is 5.26 Å². The Labute approximate surface area is 77.4 Å². The zero-order valence-corrected chi connectivity index (χ0v) is 7.62. The Hall–Kier alpha value is -1.34. The normalized spacial score (nSPS) is 10.0. The van der Waals surface area contributed by atoms with Crippen LogP contribution in [-0.2, 0) is 0 Å². The molecular formula is C8H4BrN3. The summed E-state index contributed by atoms with van der Waals surface area (Å²) in [7, 11) is 0. The Morgan fingerprint density at radius 2 is 2.42 bits per heavy atom. The molecule has 0 radical (unpaired) electrons. The van der Waals surface area contributed by atoms with Gasteiger partial charge in [0.25, 0.3) is 0 Å². The van der Waals surface area contributed by atoms with Crippen LogP contribution in [0.2, 0.25) is 0 Å².